The second-order valence-corrected chi connectivity index (χ2v) is 7.65. The predicted octanol–water partition coefficient (Wildman–Crippen LogP) is 3.58. The predicted molar refractivity (Wildman–Crippen MR) is 116 cm³/mol. The van der Waals surface area contributed by atoms with Crippen LogP contribution < -0.4 is 9.47 Å². The normalized spacial score (nSPS) is 17.9. The number of ether oxygens (including phenoxy) is 2. The average Bonchev–Trinajstić information content (AvgIpc) is 2.96. The Balaban J connectivity index is 1.46. The van der Waals surface area contributed by atoms with E-state index in [1.165, 1.54) is 11.1 Å². The molecule has 2 heterocycles. The third kappa shape index (κ3) is 3.81. The Hall–Kier alpha value is -2.60. The fraction of sp³-hybridized carbons (Fsp3) is 0.391. The molecule has 6 heteroatoms. The van der Waals surface area contributed by atoms with Crippen molar-refractivity contribution < 1.29 is 14.3 Å². The molecule has 2 aromatic rings. The molecular formula is C23H26N2O3S. The maximum absolute atomic E-state index is 13.0. The molecule has 0 saturated carbocycles. The van der Waals surface area contributed by atoms with Crippen LogP contribution in [0.4, 0.5) is 0 Å². The number of carbonyl (C=O) groups excluding carboxylic acids is 1. The van der Waals surface area contributed by atoms with Gasteiger partial charge in [0.15, 0.2) is 16.6 Å². The molecule has 152 valence electrons. The van der Waals surface area contributed by atoms with Crippen molar-refractivity contribution in [2.24, 2.45) is 0 Å². The number of carbonyl (C=O) groups is 1. The quantitative estimate of drug-likeness (QED) is 0.653. The lowest BCUT2D eigenvalue weighted by Crippen LogP contribution is -2.39. The fourth-order valence-corrected chi connectivity index (χ4v) is 4.44. The third-order valence-electron chi connectivity index (χ3n) is 5.51. The topological polar surface area (TPSA) is 42.0 Å². The van der Waals surface area contributed by atoms with Crippen molar-refractivity contribution >= 4 is 23.2 Å². The highest BCUT2D eigenvalue weighted by molar-refractivity contribution is 7.80. The molecular weight excluding hydrogens is 384 g/mol. The van der Waals surface area contributed by atoms with Gasteiger partial charge in [0.05, 0.1) is 13.2 Å². The largest absolute Gasteiger partial charge is 0.490 e. The molecule has 2 aromatic carbocycles. The molecule has 29 heavy (non-hydrogen) atoms. The summed E-state index contributed by atoms with van der Waals surface area (Å²) < 4.78 is 11.4. The van der Waals surface area contributed by atoms with Gasteiger partial charge in [0, 0.05) is 19.5 Å². The molecule has 1 fully saturated rings. The van der Waals surface area contributed by atoms with Crippen molar-refractivity contribution in [3.63, 3.8) is 0 Å². The summed E-state index contributed by atoms with van der Waals surface area (Å²) in [6.07, 6.45) is 1.44. The first-order valence-electron chi connectivity index (χ1n) is 10.2. The van der Waals surface area contributed by atoms with E-state index in [1.54, 1.807) is 4.90 Å². The zero-order valence-corrected chi connectivity index (χ0v) is 17.7. The SMILES string of the molecule is CCOc1ccc(CCN2C(=O)[C@H]3Cc4ccccc4CN3C2=S)cc1OCC. The van der Waals surface area contributed by atoms with E-state index in [1.807, 2.05) is 44.2 Å². The Morgan fingerprint density at radius 3 is 2.52 bits per heavy atom. The van der Waals surface area contributed by atoms with Gasteiger partial charge in [-0.25, -0.2) is 0 Å². The lowest BCUT2D eigenvalue weighted by molar-refractivity contribution is -0.128. The summed E-state index contributed by atoms with van der Waals surface area (Å²) in [5.74, 6) is 1.61. The van der Waals surface area contributed by atoms with Gasteiger partial charge in [0.2, 0.25) is 0 Å². The van der Waals surface area contributed by atoms with Crippen LogP contribution in [0.1, 0.15) is 30.5 Å². The van der Waals surface area contributed by atoms with Gasteiger partial charge in [0.25, 0.3) is 5.91 Å². The van der Waals surface area contributed by atoms with Gasteiger partial charge in [-0.15, -0.1) is 0 Å². The van der Waals surface area contributed by atoms with Crippen LogP contribution in [-0.4, -0.2) is 46.6 Å². The minimum absolute atomic E-state index is 0.112. The van der Waals surface area contributed by atoms with Crippen LogP contribution in [0.25, 0.3) is 0 Å². The molecule has 2 aliphatic rings. The first-order chi connectivity index (χ1) is 14.1. The summed E-state index contributed by atoms with van der Waals surface area (Å²) in [7, 11) is 0. The number of amides is 1. The summed E-state index contributed by atoms with van der Waals surface area (Å²) in [6, 6.07) is 14.1. The molecule has 4 rings (SSSR count). The molecule has 5 nitrogen and oxygen atoms in total. The van der Waals surface area contributed by atoms with Crippen LogP contribution >= 0.6 is 12.2 Å². The van der Waals surface area contributed by atoms with E-state index in [-0.39, 0.29) is 11.9 Å². The summed E-state index contributed by atoms with van der Waals surface area (Å²) >= 11 is 5.67. The fourth-order valence-electron chi connectivity index (χ4n) is 4.07. The van der Waals surface area contributed by atoms with Crippen molar-refractivity contribution in [3.8, 4) is 11.5 Å². The van der Waals surface area contributed by atoms with E-state index in [0.717, 1.165) is 23.5 Å². The smallest absolute Gasteiger partial charge is 0.251 e. The zero-order chi connectivity index (χ0) is 20.4. The van der Waals surface area contributed by atoms with E-state index in [9.17, 15) is 4.79 Å². The maximum Gasteiger partial charge on any atom is 0.251 e. The van der Waals surface area contributed by atoms with Gasteiger partial charge >= 0.3 is 0 Å². The molecule has 0 spiro atoms. The molecule has 0 unspecified atom stereocenters. The molecule has 1 saturated heterocycles. The molecule has 1 atom stereocenters. The molecule has 1 amide bonds. The Kier molecular flexibility index (Phi) is 5.72. The summed E-state index contributed by atoms with van der Waals surface area (Å²) in [5.41, 5.74) is 3.61. The van der Waals surface area contributed by atoms with E-state index >= 15 is 0 Å². The van der Waals surface area contributed by atoms with Crippen molar-refractivity contribution in [2.45, 2.75) is 39.3 Å². The van der Waals surface area contributed by atoms with Gasteiger partial charge in [-0.1, -0.05) is 30.3 Å². The summed E-state index contributed by atoms with van der Waals surface area (Å²) in [4.78, 5) is 16.9. The van der Waals surface area contributed by atoms with Gasteiger partial charge in [-0.05, 0) is 61.3 Å². The molecule has 0 N–H and O–H groups in total. The summed E-state index contributed by atoms with van der Waals surface area (Å²) in [5, 5.41) is 0.644. The number of rotatable bonds is 7. The number of hydrogen-bond acceptors (Lipinski definition) is 4. The van der Waals surface area contributed by atoms with Crippen LogP contribution in [0.3, 0.4) is 0 Å². The first kappa shape index (κ1) is 19.7. The molecule has 0 radical (unpaired) electrons. The van der Waals surface area contributed by atoms with Crippen LogP contribution in [0.15, 0.2) is 42.5 Å². The van der Waals surface area contributed by atoms with Crippen molar-refractivity contribution in [1.29, 1.82) is 0 Å². The standard InChI is InChI=1S/C23H26N2O3S/c1-3-27-20-10-9-16(13-21(20)28-4-2)11-12-24-22(26)19-14-17-7-5-6-8-18(17)15-25(19)23(24)29/h5-10,13,19H,3-4,11-12,14-15H2,1-2H3/t19-/m1/s1. The Bertz CT molecular complexity index is 887. The summed E-state index contributed by atoms with van der Waals surface area (Å²) in [6.45, 7) is 6.36. The average molecular weight is 411 g/mol. The van der Waals surface area contributed by atoms with E-state index in [4.69, 9.17) is 21.7 Å². The first-order valence-corrected chi connectivity index (χ1v) is 10.6. The van der Waals surface area contributed by atoms with Crippen LogP contribution in [0, 0.1) is 0 Å². The van der Waals surface area contributed by atoms with Crippen molar-refractivity contribution in [2.75, 3.05) is 19.8 Å². The molecule has 0 aliphatic carbocycles. The number of benzene rings is 2. The molecule has 2 aliphatic heterocycles. The Morgan fingerprint density at radius 2 is 1.76 bits per heavy atom. The Morgan fingerprint density at radius 1 is 1.03 bits per heavy atom. The van der Waals surface area contributed by atoms with Crippen molar-refractivity contribution in [1.82, 2.24) is 9.80 Å². The lowest BCUT2D eigenvalue weighted by atomic mass is 9.95. The van der Waals surface area contributed by atoms with Gasteiger partial charge < -0.3 is 14.4 Å². The van der Waals surface area contributed by atoms with Crippen LogP contribution in [0.5, 0.6) is 11.5 Å². The van der Waals surface area contributed by atoms with Crippen molar-refractivity contribution in [3.05, 3.63) is 59.2 Å². The highest BCUT2D eigenvalue weighted by atomic mass is 32.1. The molecule has 0 bridgehead atoms. The minimum atomic E-state index is -0.170. The highest BCUT2D eigenvalue weighted by Gasteiger charge is 2.44. The van der Waals surface area contributed by atoms with Gasteiger partial charge in [-0.3, -0.25) is 9.69 Å². The van der Waals surface area contributed by atoms with Gasteiger partial charge in [-0.2, -0.15) is 0 Å². The number of hydrogen-bond donors (Lipinski definition) is 0. The third-order valence-corrected chi connectivity index (χ3v) is 5.96. The Labute approximate surface area is 177 Å². The number of fused-ring (bicyclic) bond motifs is 2. The highest BCUT2D eigenvalue weighted by Crippen LogP contribution is 2.31. The second-order valence-electron chi connectivity index (χ2n) is 7.29. The van der Waals surface area contributed by atoms with E-state index < -0.39 is 0 Å². The molecule has 0 aromatic heterocycles. The lowest BCUT2D eigenvalue weighted by Gasteiger charge is -2.30. The van der Waals surface area contributed by atoms with Gasteiger partial charge in [0.1, 0.15) is 6.04 Å². The number of nitrogens with zero attached hydrogens (tertiary/aromatic N) is 2. The number of thiocarbonyl (C=S) groups is 1. The van der Waals surface area contributed by atoms with E-state index in [2.05, 4.69) is 17.0 Å². The monoisotopic (exact) mass is 410 g/mol. The van der Waals surface area contributed by atoms with E-state index in [0.29, 0.717) is 37.8 Å². The zero-order valence-electron chi connectivity index (χ0n) is 16.9. The van der Waals surface area contributed by atoms with Crippen LogP contribution in [0.2, 0.25) is 0 Å². The second kappa shape index (κ2) is 8.41. The maximum atomic E-state index is 13.0. The minimum Gasteiger partial charge on any atom is -0.490 e. The van der Waals surface area contributed by atoms with Crippen LogP contribution in [-0.2, 0) is 24.2 Å².